The van der Waals surface area contributed by atoms with Gasteiger partial charge >= 0.3 is 16.8 Å². The van der Waals surface area contributed by atoms with E-state index in [-0.39, 0.29) is 24.7 Å². The van der Waals surface area contributed by atoms with E-state index in [0.29, 0.717) is 43.7 Å². The molecule has 1 saturated heterocycles. The lowest BCUT2D eigenvalue weighted by Crippen LogP contribution is -2.32. The fourth-order valence-electron chi connectivity index (χ4n) is 5.64. The van der Waals surface area contributed by atoms with Gasteiger partial charge in [0.25, 0.3) is 5.91 Å². The van der Waals surface area contributed by atoms with E-state index in [2.05, 4.69) is 10.3 Å². The summed E-state index contributed by atoms with van der Waals surface area (Å²) in [6.45, 7) is 3.56. The number of thioether (sulfide) groups is 1. The second-order valence-electron chi connectivity index (χ2n) is 10.7. The summed E-state index contributed by atoms with van der Waals surface area (Å²) >= 11 is 2.14. The van der Waals surface area contributed by atoms with Gasteiger partial charge in [-0.05, 0) is 80.1 Å². The van der Waals surface area contributed by atoms with Crippen molar-refractivity contribution in [3.05, 3.63) is 104 Å². The molecule has 0 aliphatic carbocycles. The van der Waals surface area contributed by atoms with Crippen LogP contribution in [0.2, 0.25) is 0 Å². The van der Waals surface area contributed by atoms with Crippen LogP contribution in [0.5, 0.6) is 5.75 Å². The van der Waals surface area contributed by atoms with Crippen LogP contribution in [-0.2, 0) is 23.9 Å². The number of carbonyl (C=O) groups excluding carboxylic acids is 5. The van der Waals surface area contributed by atoms with Crippen molar-refractivity contribution in [2.75, 3.05) is 30.0 Å². The lowest BCUT2D eigenvalue weighted by Gasteiger charge is -2.30. The molecule has 4 aromatic rings. The maximum absolute atomic E-state index is 14.0. The Morgan fingerprint density at radius 3 is 2.15 bits per heavy atom. The van der Waals surface area contributed by atoms with E-state index in [9.17, 15) is 28.8 Å². The van der Waals surface area contributed by atoms with Crippen molar-refractivity contribution in [2.24, 2.45) is 5.92 Å². The third-order valence-corrected chi connectivity index (χ3v) is 10.1. The monoisotopic (exact) mass is 687 g/mol. The molecule has 1 aromatic heterocycles. The molecule has 48 heavy (non-hydrogen) atoms. The molecule has 2 aliphatic rings. The van der Waals surface area contributed by atoms with E-state index < -0.39 is 46.7 Å². The molecular weight excluding hydrogens is 659 g/mol. The number of thiazole rings is 1. The van der Waals surface area contributed by atoms with Crippen molar-refractivity contribution in [3.63, 3.8) is 0 Å². The summed E-state index contributed by atoms with van der Waals surface area (Å²) in [5.41, 5.74) is 2.08. The first-order valence-corrected chi connectivity index (χ1v) is 16.7. The quantitative estimate of drug-likeness (QED) is 0.178. The number of carbonyl (C=O) groups is 5. The fourth-order valence-corrected chi connectivity index (χ4v) is 8.15. The topological polar surface area (TPSA) is 161 Å². The minimum atomic E-state index is -0.831. The summed E-state index contributed by atoms with van der Waals surface area (Å²) < 4.78 is 15.8. The molecule has 3 atom stereocenters. The highest BCUT2D eigenvalue weighted by Crippen LogP contribution is 2.53. The Kier molecular flexibility index (Phi) is 9.46. The average molecular weight is 688 g/mol. The minimum Gasteiger partial charge on any atom is -0.484 e. The van der Waals surface area contributed by atoms with Gasteiger partial charge in [0, 0.05) is 16.5 Å². The number of imide groups is 1. The molecule has 0 saturated carbocycles. The largest absolute Gasteiger partial charge is 0.484 e. The first-order valence-electron chi connectivity index (χ1n) is 15.0. The molecule has 0 radical (unpaired) electrons. The molecule has 2 unspecified atom stereocenters. The Balaban J connectivity index is 1.21. The lowest BCUT2D eigenvalue weighted by molar-refractivity contribution is -0.122. The predicted octanol–water partition coefficient (Wildman–Crippen LogP) is 4.60. The number of rotatable bonds is 10. The van der Waals surface area contributed by atoms with Gasteiger partial charge in [0.15, 0.2) is 6.61 Å². The zero-order valence-electron chi connectivity index (χ0n) is 25.7. The molecule has 6 rings (SSSR count). The highest BCUT2D eigenvalue weighted by molar-refractivity contribution is 8.00. The van der Waals surface area contributed by atoms with Crippen LogP contribution in [0.3, 0.4) is 0 Å². The third-order valence-electron chi connectivity index (χ3n) is 7.73. The maximum atomic E-state index is 14.0. The van der Waals surface area contributed by atoms with Crippen molar-refractivity contribution < 1.29 is 38.2 Å². The van der Waals surface area contributed by atoms with Crippen molar-refractivity contribution in [2.45, 2.75) is 30.0 Å². The smallest absolute Gasteiger partial charge is 0.338 e. The number of nitrogens with zero attached hydrogens (tertiary/aromatic N) is 1. The second-order valence-corrected chi connectivity index (χ2v) is 12.9. The molecule has 2 aliphatic heterocycles. The van der Waals surface area contributed by atoms with Gasteiger partial charge in [-0.2, -0.15) is 0 Å². The molecular formula is C34H29N3O9S2. The third kappa shape index (κ3) is 6.49. The van der Waals surface area contributed by atoms with Gasteiger partial charge in [0.2, 0.25) is 11.8 Å². The van der Waals surface area contributed by atoms with Crippen molar-refractivity contribution in [1.29, 1.82) is 0 Å². The van der Waals surface area contributed by atoms with Crippen molar-refractivity contribution in [1.82, 2.24) is 4.98 Å². The summed E-state index contributed by atoms with van der Waals surface area (Å²) in [5, 5.41) is 2.43. The number of amides is 3. The number of hydrogen-bond acceptors (Lipinski definition) is 11. The van der Waals surface area contributed by atoms with Crippen LogP contribution >= 0.6 is 23.1 Å². The van der Waals surface area contributed by atoms with E-state index in [0.717, 1.165) is 28.0 Å². The fraction of sp³-hybridized carbons (Fsp3) is 0.235. The summed E-state index contributed by atoms with van der Waals surface area (Å²) in [6, 6.07) is 19.2. The molecule has 2 N–H and O–H groups in total. The van der Waals surface area contributed by atoms with E-state index in [4.69, 9.17) is 14.2 Å². The first-order chi connectivity index (χ1) is 23.2. The molecule has 0 bridgehead atoms. The average Bonchev–Trinajstić information content (AvgIpc) is 3.58. The Labute approximate surface area is 282 Å². The normalized spacial score (nSPS) is 18.1. The van der Waals surface area contributed by atoms with Gasteiger partial charge in [-0.1, -0.05) is 35.2 Å². The Bertz CT molecular complexity index is 1950. The number of anilines is 2. The van der Waals surface area contributed by atoms with Crippen LogP contribution in [0.4, 0.5) is 11.4 Å². The van der Waals surface area contributed by atoms with Gasteiger partial charge < -0.3 is 24.5 Å². The molecule has 1 fully saturated rings. The molecule has 14 heteroatoms. The van der Waals surface area contributed by atoms with Crippen LogP contribution in [0, 0.1) is 5.92 Å². The molecule has 3 amide bonds. The number of nitrogens with one attached hydrogen (secondary N) is 2. The summed E-state index contributed by atoms with van der Waals surface area (Å²) in [7, 11) is 0. The van der Waals surface area contributed by atoms with Gasteiger partial charge in [-0.15, -0.1) is 0 Å². The van der Waals surface area contributed by atoms with E-state index in [1.54, 1.807) is 62.4 Å². The number of esters is 2. The standard InChI is InChI=1S/C34H29N3O9S2/c1-3-44-32(41)18-8-12-21(13-9-18)35-24(38)17-46-23-7-5-6-20(16-23)25-26-28(47-29-27(25)48-34(43)36-29)31(40)37(30(26)39)22-14-10-19(11-15-22)33(42)45-4-2/h5-16,25-26,28H,3-4,17H2,1-2H3,(H,35,38)(H,36,43)/t25-,26?,28?/m1/s1. The van der Waals surface area contributed by atoms with Gasteiger partial charge in [-0.25, -0.2) is 14.5 Å². The number of ether oxygens (including phenoxy) is 3. The second kappa shape index (κ2) is 13.9. The zero-order valence-corrected chi connectivity index (χ0v) is 27.4. The number of H-pyrrole nitrogens is 1. The van der Waals surface area contributed by atoms with Crippen molar-refractivity contribution in [3.8, 4) is 5.75 Å². The Hall–Kier alpha value is -5.21. The van der Waals surface area contributed by atoms with Gasteiger partial charge in [0.05, 0.1) is 41.0 Å². The SMILES string of the molecule is CCOC(=O)c1ccc(NC(=O)COc2cccc([C@H]3c4sc(=O)[nH]c4SC4C(=O)N(c5ccc(C(=O)OCC)cc5)C(=O)C43)c2)cc1. The number of aromatic nitrogens is 1. The molecule has 246 valence electrons. The number of benzene rings is 3. The first kappa shape index (κ1) is 32.7. The van der Waals surface area contributed by atoms with E-state index in [1.165, 1.54) is 24.3 Å². The lowest BCUT2D eigenvalue weighted by atomic mass is 9.83. The Morgan fingerprint density at radius 1 is 0.854 bits per heavy atom. The highest BCUT2D eigenvalue weighted by Gasteiger charge is 2.56. The van der Waals surface area contributed by atoms with Gasteiger partial charge in [-0.3, -0.25) is 19.2 Å². The molecule has 3 heterocycles. The number of aromatic amines is 1. The molecule has 3 aromatic carbocycles. The van der Waals surface area contributed by atoms with Gasteiger partial charge in [0.1, 0.15) is 11.0 Å². The zero-order chi connectivity index (χ0) is 33.9. The maximum Gasteiger partial charge on any atom is 0.338 e. The highest BCUT2D eigenvalue weighted by atomic mass is 32.2. The summed E-state index contributed by atoms with van der Waals surface area (Å²) in [6.07, 6.45) is 0. The van der Waals surface area contributed by atoms with Crippen LogP contribution in [0.25, 0.3) is 0 Å². The van der Waals surface area contributed by atoms with Crippen LogP contribution in [-0.4, -0.2) is 59.7 Å². The molecule has 0 spiro atoms. The van der Waals surface area contributed by atoms with Crippen LogP contribution in [0.1, 0.15) is 50.9 Å². The summed E-state index contributed by atoms with van der Waals surface area (Å²) in [4.78, 5) is 81.2. The van der Waals surface area contributed by atoms with Crippen LogP contribution < -0.4 is 19.8 Å². The summed E-state index contributed by atoms with van der Waals surface area (Å²) in [5.74, 6) is -3.40. The molecule has 12 nitrogen and oxygen atoms in total. The predicted molar refractivity (Wildman–Crippen MR) is 178 cm³/mol. The minimum absolute atomic E-state index is 0.214. The number of hydrogen-bond donors (Lipinski definition) is 2. The van der Waals surface area contributed by atoms with Crippen molar-refractivity contribution >= 4 is 64.1 Å². The van der Waals surface area contributed by atoms with E-state index >= 15 is 0 Å². The van der Waals surface area contributed by atoms with E-state index in [1.807, 2.05) is 0 Å². The van der Waals surface area contributed by atoms with Crippen LogP contribution in [0.15, 0.2) is 82.6 Å². The number of fused-ring (bicyclic) bond motifs is 2. The Morgan fingerprint density at radius 2 is 1.50 bits per heavy atom.